The van der Waals surface area contributed by atoms with E-state index in [4.69, 9.17) is 0 Å². The number of amides is 1. The molecule has 1 fully saturated rings. The van der Waals surface area contributed by atoms with Gasteiger partial charge in [-0.2, -0.15) is 0 Å². The summed E-state index contributed by atoms with van der Waals surface area (Å²) in [6.45, 7) is 4.42. The van der Waals surface area contributed by atoms with Crippen LogP contribution in [0.3, 0.4) is 0 Å². The van der Waals surface area contributed by atoms with Crippen molar-refractivity contribution in [3.8, 4) is 0 Å². The summed E-state index contributed by atoms with van der Waals surface area (Å²) in [5.74, 6) is -1.94. The first kappa shape index (κ1) is 16.9. The fourth-order valence-electron chi connectivity index (χ4n) is 2.32. The van der Waals surface area contributed by atoms with E-state index in [1.165, 1.54) is 13.0 Å². The normalized spacial score (nSPS) is 22.0. The van der Waals surface area contributed by atoms with E-state index in [1.807, 2.05) is 6.92 Å². The second kappa shape index (κ2) is 6.99. The summed E-state index contributed by atoms with van der Waals surface area (Å²) in [4.78, 5) is 12.0. The minimum Gasteiger partial charge on any atom is -0.348 e. The van der Waals surface area contributed by atoms with Crippen LogP contribution in [0.4, 0.5) is 8.78 Å². The number of benzene rings is 1. The van der Waals surface area contributed by atoms with Gasteiger partial charge < -0.3 is 10.6 Å². The SMILES string of the molecule is Cc1cc(C(=O)NC2CCCNC2C)c(F)cc1F.Cl. The van der Waals surface area contributed by atoms with Gasteiger partial charge in [-0.1, -0.05) is 0 Å². The molecule has 1 aromatic carbocycles. The number of carbonyl (C=O) groups excluding carboxylic acids is 1. The van der Waals surface area contributed by atoms with Gasteiger partial charge in [0.2, 0.25) is 0 Å². The molecule has 2 unspecified atom stereocenters. The Balaban J connectivity index is 0.00000200. The zero-order valence-electron chi connectivity index (χ0n) is 11.5. The first-order valence-electron chi connectivity index (χ1n) is 6.49. The molecule has 2 N–H and O–H groups in total. The molecule has 112 valence electrons. The Labute approximate surface area is 123 Å². The first-order valence-corrected chi connectivity index (χ1v) is 6.49. The Kier molecular flexibility index (Phi) is 5.89. The van der Waals surface area contributed by atoms with Gasteiger partial charge in [-0.3, -0.25) is 4.79 Å². The maximum Gasteiger partial charge on any atom is 0.254 e. The lowest BCUT2D eigenvalue weighted by Crippen LogP contribution is -2.52. The Morgan fingerprint density at radius 1 is 1.35 bits per heavy atom. The molecule has 0 radical (unpaired) electrons. The van der Waals surface area contributed by atoms with Gasteiger partial charge in [0.1, 0.15) is 11.6 Å². The lowest BCUT2D eigenvalue weighted by molar-refractivity contribution is 0.0915. The molecular formula is C14H19ClF2N2O. The van der Waals surface area contributed by atoms with E-state index in [2.05, 4.69) is 10.6 Å². The van der Waals surface area contributed by atoms with E-state index in [0.717, 1.165) is 25.5 Å². The fraction of sp³-hybridized carbons (Fsp3) is 0.500. The van der Waals surface area contributed by atoms with E-state index in [9.17, 15) is 13.6 Å². The smallest absolute Gasteiger partial charge is 0.254 e. The van der Waals surface area contributed by atoms with Crippen LogP contribution in [0.15, 0.2) is 12.1 Å². The van der Waals surface area contributed by atoms with Crippen molar-refractivity contribution < 1.29 is 13.6 Å². The Hall–Kier alpha value is -1.20. The fourth-order valence-corrected chi connectivity index (χ4v) is 2.32. The number of aryl methyl sites for hydroxylation is 1. The standard InChI is InChI=1S/C14H18F2N2O.ClH/c1-8-6-10(12(16)7-11(8)15)14(19)18-13-4-3-5-17-9(13)2;/h6-7,9,13,17H,3-5H2,1-2H3,(H,18,19);1H. The molecule has 0 bridgehead atoms. The van der Waals surface area contributed by atoms with E-state index < -0.39 is 17.5 Å². The molecule has 0 spiro atoms. The number of piperidine rings is 1. The highest BCUT2D eigenvalue weighted by molar-refractivity contribution is 5.94. The van der Waals surface area contributed by atoms with E-state index >= 15 is 0 Å². The summed E-state index contributed by atoms with van der Waals surface area (Å²) >= 11 is 0. The lowest BCUT2D eigenvalue weighted by atomic mass is 9.99. The van der Waals surface area contributed by atoms with Crippen LogP contribution < -0.4 is 10.6 Å². The third kappa shape index (κ3) is 3.67. The number of hydrogen-bond donors (Lipinski definition) is 2. The van der Waals surface area contributed by atoms with E-state index in [-0.39, 0.29) is 35.6 Å². The molecule has 3 nitrogen and oxygen atoms in total. The zero-order chi connectivity index (χ0) is 14.0. The molecule has 0 aromatic heterocycles. The number of hydrogen-bond acceptors (Lipinski definition) is 2. The monoisotopic (exact) mass is 304 g/mol. The Morgan fingerprint density at radius 2 is 2.05 bits per heavy atom. The van der Waals surface area contributed by atoms with E-state index in [0.29, 0.717) is 0 Å². The Bertz CT molecular complexity index is 496. The van der Waals surface area contributed by atoms with Crippen LogP contribution in [0.2, 0.25) is 0 Å². The second-order valence-electron chi connectivity index (χ2n) is 5.05. The average Bonchev–Trinajstić information content (AvgIpc) is 2.36. The minimum absolute atomic E-state index is 0. The molecule has 1 aliphatic rings. The van der Waals surface area contributed by atoms with Crippen molar-refractivity contribution in [1.82, 2.24) is 10.6 Å². The molecule has 2 rings (SSSR count). The summed E-state index contributed by atoms with van der Waals surface area (Å²) in [7, 11) is 0. The van der Waals surface area contributed by atoms with Crippen molar-refractivity contribution >= 4 is 18.3 Å². The van der Waals surface area contributed by atoms with Crippen molar-refractivity contribution in [3.05, 3.63) is 34.9 Å². The Morgan fingerprint density at radius 3 is 2.70 bits per heavy atom. The maximum absolute atomic E-state index is 13.6. The van der Waals surface area contributed by atoms with Crippen LogP contribution in [-0.4, -0.2) is 24.5 Å². The molecule has 0 saturated carbocycles. The molecule has 1 aromatic rings. The van der Waals surface area contributed by atoms with Gasteiger partial charge in [0, 0.05) is 18.2 Å². The highest BCUT2D eigenvalue weighted by Crippen LogP contribution is 2.15. The number of carbonyl (C=O) groups is 1. The summed E-state index contributed by atoms with van der Waals surface area (Å²) in [6.07, 6.45) is 1.84. The summed E-state index contributed by atoms with van der Waals surface area (Å²) in [6, 6.07) is 2.14. The van der Waals surface area contributed by atoms with Gasteiger partial charge in [0.05, 0.1) is 5.56 Å². The van der Waals surface area contributed by atoms with Crippen LogP contribution in [0.5, 0.6) is 0 Å². The third-order valence-electron chi connectivity index (χ3n) is 3.57. The number of rotatable bonds is 2. The average molecular weight is 305 g/mol. The van der Waals surface area contributed by atoms with Crippen LogP contribution in [0.25, 0.3) is 0 Å². The highest BCUT2D eigenvalue weighted by atomic mass is 35.5. The summed E-state index contributed by atoms with van der Waals surface area (Å²) in [5.41, 5.74) is 0.165. The minimum atomic E-state index is -0.822. The van der Waals surface area contributed by atoms with Gasteiger partial charge in [-0.25, -0.2) is 8.78 Å². The zero-order valence-corrected chi connectivity index (χ0v) is 12.3. The molecule has 2 atom stereocenters. The van der Waals surface area contributed by atoms with Crippen molar-refractivity contribution in [3.63, 3.8) is 0 Å². The van der Waals surface area contributed by atoms with Crippen LogP contribution in [0.1, 0.15) is 35.7 Å². The molecule has 1 amide bonds. The summed E-state index contributed by atoms with van der Waals surface area (Å²) < 4.78 is 26.8. The molecular weight excluding hydrogens is 286 g/mol. The maximum atomic E-state index is 13.6. The van der Waals surface area contributed by atoms with Gasteiger partial charge in [-0.05, 0) is 44.9 Å². The quantitative estimate of drug-likeness (QED) is 0.882. The largest absolute Gasteiger partial charge is 0.348 e. The number of nitrogens with one attached hydrogen (secondary N) is 2. The first-order chi connectivity index (χ1) is 8.99. The molecule has 6 heteroatoms. The van der Waals surface area contributed by atoms with Gasteiger partial charge in [0.15, 0.2) is 0 Å². The topological polar surface area (TPSA) is 41.1 Å². The third-order valence-corrected chi connectivity index (χ3v) is 3.57. The summed E-state index contributed by atoms with van der Waals surface area (Å²) in [5, 5.41) is 6.06. The van der Waals surface area contributed by atoms with Crippen LogP contribution in [-0.2, 0) is 0 Å². The molecule has 20 heavy (non-hydrogen) atoms. The van der Waals surface area contributed by atoms with Crippen molar-refractivity contribution in [2.75, 3.05) is 6.54 Å². The lowest BCUT2D eigenvalue weighted by Gasteiger charge is -2.30. The predicted molar refractivity (Wildman–Crippen MR) is 76.3 cm³/mol. The number of halogens is 3. The molecule has 1 heterocycles. The molecule has 0 aliphatic carbocycles. The van der Waals surface area contributed by atoms with Crippen LogP contribution in [0, 0.1) is 18.6 Å². The van der Waals surface area contributed by atoms with Crippen molar-refractivity contribution in [2.45, 2.75) is 38.8 Å². The van der Waals surface area contributed by atoms with Gasteiger partial charge in [-0.15, -0.1) is 12.4 Å². The van der Waals surface area contributed by atoms with Gasteiger partial charge >= 0.3 is 0 Å². The second-order valence-corrected chi connectivity index (χ2v) is 5.05. The molecule has 1 aliphatic heterocycles. The van der Waals surface area contributed by atoms with Gasteiger partial charge in [0.25, 0.3) is 5.91 Å². The predicted octanol–water partition coefficient (Wildman–Crippen LogP) is 2.57. The highest BCUT2D eigenvalue weighted by Gasteiger charge is 2.24. The van der Waals surface area contributed by atoms with Crippen molar-refractivity contribution in [2.24, 2.45) is 0 Å². The van der Waals surface area contributed by atoms with E-state index in [1.54, 1.807) is 0 Å². The van der Waals surface area contributed by atoms with Crippen LogP contribution >= 0.6 is 12.4 Å². The molecule has 1 saturated heterocycles. The van der Waals surface area contributed by atoms with Crippen molar-refractivity contribution in [1.29, 1.82) is 0 Å².